The highest BCUT2D eigenvalue weighted by Crippen LogP contribution is 2.33. The first-order valence-electron chi connectivity index (χ1n) is 13.3. The van der Waals surface area contributed by atoms with E-state index in [9.17, 15) is 27.6 Å². The van der Waals surface area contributed by atoms with Crippen LogP contribution in [0.15, 0.2) is 53.5 Å². The van der Waals surface area contributed by atoms with Gasteiger partial charge in [0, 0.05) is 30.4 Å². The lowest BCUT2D eigenvalue weighted by atomic mass is 9.88. The summed E-state index contributed by atoms with van der Waals surface area (Å²) in [6, 6.07) is 12.6. The van der Waals surface area contributed by atoms with Gasteiger partial charge in [-0.15, -0.1) is 0 Å². The topological polar surface area (TPSA) is 90.9 Å². The van der Waals surface area contributed by atoms with E-state index in [1.54, 1.807) is 30.5 Å². The van der Waals surface area contributed by atoms with Crippen LogP contribution in [-0.2, 0) is 14.4 Å². The number of rotatable bonds is 8. The molecule has 2 atom stereocenters. The minimum atomic E-state index is -4.45. The number of carbonyl (C=O) groups excluding carboxylic acids is 3. The maximum Gasteiger partial charge on any atom is 0.389 e. The number of fused-ring (bicyclic) bond motifs is 1. The Morgan fingerprint density at radius 1 is 1.08 bits per heavy atom. The summed E-state index contributed by atoms with van der Waals surface area (Å²) in [5, 5.41) is 4.96. The summed E-state index contributed by atoms with van der Waals surface area (Å²) >= 11 is 0. The van der Waals surface area contributed by atoms with Crippen molar-refractivity contribution in [3.8, 4) is 0 Å². The van der Waals surface area contributed by atoms with E-state index in [0.717, 1.165) is 36.9 Å². The van der Waals surface area contributed by atoms with Gasteiger partial charge >= 0.3 is 6.18 Å². The van der Waals surface area contributed by atoms with Crippen LogP contribution in [0.4, 0.5) is 24.5 Å². The average molecular weight is 543 g/mol. The third-order valence-corrected chi connectivity index (χ3v) is 7.13. The summed E-state index contributed by atoms with van der Waals surface area (Å²) in [6.07, 6.45) is 0.978. The Hall–Kier alpha value is -3.69. The fourth-order valence-corrected chi connectivity index (χ4v) is 5.04. The van der Waals surface area contributed by atoms with E-state index in [2.05, 4.69) is 15.6 Å². The molecule has 1 unspecified atom stereocenters. The molecule has 2 aromatic rings. The van der Waals surface area contributed by atoms with Crippen LogP contribution in [0.1, 0.15) is 69.0 Å². The molecule has 2 N–H and O–H groups in total. The summed E-state index contributed by atoms with van der Waals surface area (Å²) in [4.78, 5) is 44.8. The van der Waals surface area contributed by atoms with Gasteiger partial charge in [-0.2, -0.15) is 13.2 Å². The van der Waals surface area contributed by atoms with Crippen LogP contribution in [0.25, 0.3) is 0 Å². The molecule has 4 rings (SSSR count). The number of benzodiazepines with no additional fused rings is 1. The van der Waals surface area contributed by atoms with Crippen molar-refractivity contribution in [2.45, 2.75) is 70.1 Å². The molecule has 2 aromatic carbocycles. The highest BCUT2D eigenvalue weighted by Gasteiger charge is 2.32. The molecule has 1 fully saturated rings. The highest BCUT2D eigenvalue weighted by molar-refractivity contribution is 6.05. The van der Waals surface area contributed by atoms with E-state index in [4.69, 9.17) is 0 Å². The second-order valence-corrected chi connectivity index (χ2v) is 10.2. The number of amides is 3. The van der Waals surface area contributed by atoms with Crippen molar-refractivity contribution < 1.29 is 27.6 Å². The standard InChI is InChI=1S/C29H33F3N4O3/c1-19(34-25(37)14-15-29(30,31)32)27(38)35-23-12-7-11-21(16-23)26-28(39)36(18-20-8-3-2-4-9-20)24-13-6-5-10-22(24)17-33-26/h5-7,10-13,16-17,19-20,26H,2-4,8-9,14-15,18H2,1H3,(H,34,37)(H,35,38)/t19-,26?/m0/s1. The molecule has 1 aliphatic heterocycles. The molecule has 0 spiro atoms. The average Bonchev–Trinajstić information content (AvgIpc) is 3.04. The Balaban J connectivity index is 1.48. The number of alkyl halides is 3. The number of anilines is 2. The predicted molar refractivity (Wildman–Crippen MR) is 144 cm³/mol. The number of hydrogen-bond donors (Lipinski definition) is 2. The van der Waals surface area contributed by atoms with E-state index in [1.807, 2.05) is 29.2 Å². The lowest BCUT2D eigenvalue weighted by molar-refractivity contribution is -0.144. The van der Waals surface area contributed by atoms with Gasteiger partial charge in [-0.1, -0.05) is 49.6 Å². The van der Waals surface area contributed by atoms with Crippen molar-refractivity contribution in [1.82, 2.24) is 5.32 Å². The summed E-state index contributed by atoms with van der Waals surface area (Å²) in [6.45, 7) is 2.02. The molecular formula is C29H33F3N4O3. The first kappa shape index (κ1) is 28.3. The van der Waals surface area contributed by atoms with Crippen LogP contribution < -0.4 is 15.5 Å². The molecule has 208 valence electrons. The zero-order valence-corrected chi connectivity index (χ0v) is 21.8. The first-order valence-corrected chi connectivity index (χ1v) is 13.3. The van der Waals surface area contributed by atoms with Crippen LogP contribution in [0, 0.1) is 5.92 Å². The van der Waals surface area contributed by atoms with Gasteiger partial charge in [0.25, 0.3) is 5.91 Å². The molecule has 3 amide bonds. The van der Waals surface area contributed by atoms with E-state index in [-0.39, 0.29) is 5.91 Å². The van der Waals surface area contributed by atoms with Crippen LogP contribution in [0.3, 0.4) is 0 Å². The molecule has 7 nitrogen and oxygen atoms in total. The SMILES string of the molecule is C[C@H](NC(=O)CCC(F)(F)F)C(=O)Nc1cccc(C2N=Cc3ccccc3N(CC3CCCCC3)C2=O)c1. The molecule has 1 saturated carbocycles. The maximum atomic E-state index is 13.9. The van der Waals surface area contributed by atoms with Crippen molar-refractivity contribution in [3.63, 3.8) is 0 Å². The zero-order valence-electron chi connectivity index (χ0n) is 21.8. The molecule has 0 aromatic heterocycles. The number of nitrogens with zero attached hydrogens (tertiary/aromatic N) is 2. The number of carbonyl (C=O) groups is 3. The van der Waals surface area contributed by atoms with E-state index >= 15 is 0 Å². The Morgan fingerprint density at radius 2 is 1.82 bits per heavy atom. The third kappa shape index (κ3) is 7.68. The minimum absolute atomic E-state index is 0.143. The molecule has 0 radical (unpaired) electrons. The lowest BCUT2D eigenvalue weighted by Crippen LogP contribution is -2.41. The Bertz CT molecular complexity index is 1220. The van der Waals surface area contributed by atoms with Crippen molar-refractivity contribution in [1.29, 1.82) is 0 Å². The van der Waals surface area contributed by atoms with Gasteiger partial charge in [0.2, 0.25) is 11.8 Å². The molecule has 1 aliphatic carbocycles. The lowest BCUT2D eigenvalue weighted by Gasteiger charge is -2.31. The van der Waals surface area contributed by atoms with Crippen LogP contribution in [-0.4, -0.2) is 42.7 Å². The number of para-hydroxylation sites is 1. The van der Waals surface area contributed by atoms with Crippen LogP contribution in [0.5, 0.6) is 0 Å². The maximum absolute atomic E-state index is 13.9. The monoisotopic (exact) mass is 542 g/mol. The predicted octanol–water partition coefficient (Wildman–Crippen LogP) is 5.56. The highest BCUT2D eigenvalue weighted by atomic mass is 19.4. The van der Waals surface area contributed by atoms with Gasteiger partial charge in [0.05, 0.1) is 12.1 Å². The van der Waals surface area contributed by atoms with Gasteiger partial charge < -0.3 is 15.5 Å². The molecule has 1 heterocycles. The van der Waals surface area contributed by atoms with Gasteiger partial charge in [0.15, 0.2) is 6.04 Å². The van der Waals surface area contributed by atoms with Gasteiger partial charge in [0.1, 0.15) is 6.04 Å². The molecule has 39 heavy (non-hydrogen) atoms. The van der Waals surface area contributed by atoms with E-state index < -0.39 is 42.9 Å². The fraction of sp³-hybridized carbons (Fsp3) is 0.448. The number of aliphatic imine (C=N–C) groups is 1. The molecule has 0 bridgehead atoms. The van der Waals surface area contributed by atoms with E-state index in [0.29, 0.717) is 23.7 Å². The molecule has 0 saturated heterocycles. The minimum Gasteiger partial charge on any atom is -0.345 e. The normalized spacial score (nSPS) is 18.7. The van der Waals surface area contributed by atoms with Gasteiger partial charge in [-0.05, 0) is 49.4 Å². The Morgan fingerprint density at radius 3 is 2.56 bits per heavy atom. The van der Waals surface area contributed by atoms with Crippen LogP contribution in [0.2, 0.25) is 0 Å². The number of hydrogen-bond acceptors (Lipinski definition) is 4. The third-order valence-electron chi connectivity index (χ3n) is 7.13. The van der Waals surface area contributed by atoms with Crippen LogP contribution >= 0.6 is 0 Å². The summed E-state index contributed by atoms with van der Waals surface area (Å²) < 4.78 is 37.1. The van der Waals surface area contributed by atoms with E-state index in [1.165, 1.54) is 13.3 Å². The zero-order chi connectivity index (χ0) is 28.0. The molecule has 2 aliphatic rings. The summed E-state index contributed by atoms with van der Waals surface area (Å²) in [5.74, 6) is -1.17. The number of benzene rings is 2. The summed E-state index contributed by atoms with van der Waals surface area (Å²) in [5.41, 5.74) is 2.68. The second-order valence-electron chi connectivity index (χ2n) is 10.2. The summed E-state index contributed by atoms with van der Waals surface area (Å²) in [7, 11) is 0. The Kier molecular flexibility index (Phi) is 9.04. The second kappa shape index (κ2) is 12.4. The van der Waals surface area contributed by atoms with Crippen molar-refractivity contribution in [3.05, 3.63) is 59.7 Å². The van der Waals surface area contributed by atoms with Crippen molar-refractivity contribution >= 4 is 35.3 Å². The smallest absolute Gasteiger partial charge is 0.345 e. The quantitative estimate of drug-likeness (QED) is 0.458. The Labute approximate surface area is 225 Å². The first-order chi connectivity index (χ1) is 18.6. The van der Waals surface area contributed by atoms with Gasteiger partial charge in [-0.3, -0.25) is 19.4 Å². The number of nitrogens with one attached hydrogen (secondary N) is 2. The molecule has 10 heteroatoms. The fourth-order valence-electron chi connectivity index (χ4n) is 5.04. The van der Waals surface area contributed by atoms with Gasteiger partial charge in [-0.25, -0.2) is 0 Å². The number of halogens is 3. The van der Waals surface area contributed by atoms with Crippen molar-refractivity contribution in [2.24, 2.45) is 10.9 Å². The van der Waals surface area contributed by atoms with Crippen molar-refractivity contribution in [2.75, 3.05) is 16.8 Å². The largest absolute Gasteiger partial charge is 0.389 e. The molecular weight excluding hydrogens is 509 g/mol.